The average Bonchev–Trinajstić information content (AvgIpc) is 3.14. The van der Waals surface area contributed by atoms with Gasteiger partial charge in [-0.05, 0) is 42.8 Å². The quantitative estimate of drug-likeness (QED) is 0.465. The molecule has 1 amide bonds. The normalized spacial score (nSPS) is 11.7. The number of thiophene rings is 1. The maximum Gasteiger partial charge on any atom is 0.455 e. The summed E-state index contributed by atoms with van der Waals surface area (Å²) in [7, 11) is -2.52. The lowest BCUT2D eigenvalue weighted by Crippen LogP contribution is -2.32. The van der Waals surface area contributed by atoms with Crippen molar-refractivity contribution < 1.29 is 40.7 Å². The molecule has 29 heavy (non-hydrogen) atoms. The highest BCUT2D eigenvalue weighted by atomic mass is 32.2. The van der Waals surface area contributed by atoms with E-state index in [0.717, 1.165) is 12.1 Å². The molecule has 0 saturated carbocycles. The molecule has 0 saturated heterocycles. The van der Waals surface area contributed by atoms with E-state index >= 15 is 0 Å². The van der Waals surface area contributed by atoms with Gasteiger partial charge in [-0.15, -0.1) is 11.3 Å². The summed E-state index contributed by atoms with van der Waals surface area (Å²) in [4.78, 5) is 22.0. The Morgan fingerprint density at radius 3 is 2.21 bits per heavy atom. The van der Waals surface area contributed by atoms with Gasteiger partial charge in [-0.1, -0.05) is 0 Å². The minimum absolute atomic E-state index is 0.0602. The molecule has 7 nitrogen and oxygen atoms in total. The van der Waals surface area contributed by atoms with Gasteiger partial charge in [-0.2, -0.15) is 13.2 Å². The number of nitrogens with one attached hydrogen (secondary N) is 1. The van der Waals surface area contributed by atoms with Crippen molar-refractivity contribution in [3.8, 4) is 11.5 Å². The molecular formula is C17H16F3NO6S2. The molecule has 2 aromatic rings. The Morgan fingerprint density at radius 2 is 1.62 bits per heavy atom. The van der Waals surface area contributed by atoms with Crippen LogP contribution in [0, 0.1) is 0 Å². The number of sulfonamides is 1. The second kappa shape index (κ2) is 9.27. The zero-order valence-electron chi connectivity index (χ0n) is 15.0. The molecule has 1 N–H and O–H groups in total. The average molecular weight is 451 g/mol. The SMILES string of the molecule is COc1ccc(OCCCS(=O)(=O)NC(=O)c2ccc(C(=O)C(F)(F)F)s2)cc1. The summed E-state index contributed by atoms with van der Waals surface area (Å²) in [6, 6.07) is 8.42. The Bertz CT molecular complexity index is 968. The van der Waals surface area contributed by atoms with Crippen molar-refractivity contribution in [1.82, 2.24) is 4.72 Å². The third kappa shape index (κ3) is 6.75. The summed E-state index contributed by atoms with van der Waals surface area (Å²) in [5.41, 5.74) is 0. The number of amides is 1. The molecule has 0 aliphatic carbocycles. The molecule has 1 heterocycles. The molecule has 1 aromatic heterocycles. The zero-order chi connectivity index (χ0) is 21.7. The maximum atomic E-state index is 12.4. The van der Waals surface area contributed by atoms with Crippen LogP contribution < -0.4 is 14.2 Å². The first-order chi connectivity index (χ1) is 13.5. The van der Waals surface area contributed by atoms with Crippen molar-refractivity contribution in [2.24, 2.45) is 0 Å². The van der Waals surface area contributed by atoms with Crippen LogP contribution in [0.25, 0.3) is 0 Å². The van der Waals surface area contributed by atoms with Gasteiger partial charge < -0.3 is 9.47 Å². The molecule has 0 spiro atoms. The second-order valence-electron chi connectivity index (χ2n) is 5.62. The standard InChI is InChI=1S/C17H16F3NO6S2/c1-26-11-3-5-12(6-4-11)27-9-2-10-29(24,25)21-16(23)14-8-7-13(28-14)15(22)17(18,19)20/h3-8H,2,9-10H2,1H3,(H,21,23). The van der Waals surface area contributed by atoms with Crippen LogP contribution in [0.2, 0.25) is 0 Å². The number of carbonyl (C=O) groups excluding carboxylic acids is 2. The number of alkyl halides is 3. The van der Waals surface area contributed by atoms with Crippen molar-refractivity contribution >= 4 is 33.1 Å². The van der Waals surface area contributed by atoms with Crippen molar-refractivity contribution in [2.75, 3.05) is 19.5 Å². The van der Waals surface area contributed by atoms with Gasteiger partial charge >= 0.3 is 6.18 Å². The number of rotatable bonds is 9. The summed E-state index contributed by atoms with van der Waals surface area (Å²) < 4.78 is 73.2. The minimum Gasteiger partial charge on any atom is -0.497 e. The van der Waals surface area contributed by atoms with E-state index in [0.29, 0.717) is 11.5 Å². The number of hydrogen-bond donors (Lipinski definition) is 1. The molecule has 0 radical (unpaired) electrons. The van der Waals surface area contributed by atoms with Crippen molar-refractivity contribution in [2.45, 2.75) is 12.6 Å². The monoisotopic (exact) mass is 451 g/mol. The van der Waals surface area contributed by atoms with E-state index in [-0.39, 0.29) is 29.2 Å². The molecule has 1 aromatic carbocycles. The van der Waals surface area contributed by atoms with Gasteiger partial charge in [0.15, 0.2) is 0 Å². The van der Waals surface area contributed by atoms with Gasteiger partial charge in [0.25, 0.3) is 11.7 Å². The van der Waals surface area contributed by atoms with Crippen LogP contribution in [0.4, 0.5) is 13.2 Å². The van der Waals surface area contributed by atoms with Crippen molar-refractivity contribution in [1.29, 1.82) is 0 Å². The molecule has 0 aliphatic heterocycles. The van der Waals surface area contributed by atoms with Crippen LogP contribution in [0.1, 0.15) is 25.8 Å². The molecule has 0 fully saturated rings. The van der Waals surface area contributed by atoms with E-state index in [4.69, 9.17) is 9.47 Å². The summed E-state index contributed by atoms with van der Waals surface area (Å²) in [6.07, 6.45) is -5.01. The molecule has 0 atom stereocenters. The fourth-order valence-electron chi connectivity index (χ4n) is 2.08. The fourth-order valence-corrected chi connectivity index (χ4v) is 3.99. The highest BCUT2D eigenvalue weighted by molar-refractivity contribution is 7.90. The van der Waals surface area contributed by atoms with E-state index in [2.05, 4.69) is 0 Å². The second-order valence-corrected chi connectivity index (χ2v) is 8.54. The fraction of sp³-hybridized carbons (Fsp3) is 0.294. The highest BCUT2D eigenvalue weighted by Crippen LogP contribution is 2.26. The Labute approximate surface area is 168 Å². The topological polar surface area (TPSA) is 98.8 Å². The third-order valence-corrected chi connectivity index (χ3v) is 5.85. The van der Waals surface area contributed by atoms with Crippen LogP contribution in [0.15, 0.2) is 36.4 Å². The lowest BCUT2D eigenvalue weighted by molar-refractivity contribution is -0.0882. The van der Waals surface area contributed by atoms with Crippen molar-refractivity contribution in [3.63, 3.8) is 0 Å². The summed E-state index contributed by atoms with van der Waals surface area (Å²) in [6.45, 7) is 0.0602. The Morgan fingerprint density at radius 1 is 1.03 bits per heavy atom. The van der Waals surface area contributed by atoms with E-state index < -0.39 is 38.5 Å². The summed E-state index contributed by atoms with van der Waals surface area (Å²) >= 11 is 0.264. The van der Waals surface area contributed by atoms with E-state index in [1.54, 1.807) is 29.0 Å². The van der Waals surface area contributed by atoms with Gasteiger partial charge in [0.1, 0.15) is 11.5 Å². The van der Waals surface area contributed by atoms with E-state index in [1.165, 1.54) is 7.11 Å². The molecule has 0 bridgehead atoms. The number of ether oxygens (including phenoxy) is 2. The summed E-state index contributed by atoms with van der Waals surface area (Å²) in [5, 5.41) is 0. The first-order valence-corrected chi connectivity index (χ1v) is 10.5. The minimum atomic E-state index is -5.07. The molecular weight excluding hydrogens is 435 g/mol. The molecule has 12 heteroatoms. The zero-order valence-corrected chi connectivity index (χ0v) is 16.6. The number of methoxy groups -OCH3 is 1. The lowest BCUT2D eigenvalue weighted by Gasteiger charge is -2.08. The number of benzene rings is 1. The molecule has 158 valence electrons. The first kappa shape index (κ1) is 22.7. The number of halogens is 3. The molecule has 0 aliphatic rings. The third-order valence-electron chi connectivity index (χ3n) is 3.44. The predicted molar refractivity (Wildman–Crippen MR) is 99.1 cm³/mol. The first-order valence-electron chi connectivity index (χ1n) is 8.05. The highest BCUT2D eigenvalue weighted by Gasteiger charge is 2.40. The largest absolute Gasteiger partial charge is 0.497 e. The smallest absolute Gasteiger partial charge is 0.455 e. The predicted octanol–water partition coefficient (Wildman–Crippen LogP) is 3.03. The van der Waals surface area contributed by atoms with Gasteiger partial charge in [-0.3, -0.25) is 9.59 Å². The van der Waals surface area contributed by atoms with Gasteiger partial charge in [-0.25, -0.2) is 13.1 Å². The van der Waals surface area contributed by atoms with E-state index in [9.17, 15) is 31.2 Å². The molecule has 0 unspecified atom stereocenters. The Balaban J connectivity index is 1.84. The number of Topliss-reactive ketones (excluding diaryl/α,β-unsaturated/α-hetero) is 1. The van der Waals surface area contributed by atoms with Gasteiger partial charge in [0.05, 0.1) is 29.2 Å². The number of hydrogen-bond acceptors (Lipinski definition) is 7. The maximum absolute atomic E-state index is 12.4. The number of carbonyl (C=O) groups is 2. The van der Waals surface area contributed by atoms with Crippen LogP contribution in [0.5, 0.6) is 11.5 Å². The lowest BCUT2D eigenvalue weighted by atomic mass is 10.3. The van der Waals surface area contributed by atoms with Crippen LogP contribution in [-0.4, -0.2) is 45.8 Å². The van der Waals surface area contributed by atoms with E-state index in [1.807, 2.05) is 0 Å². The van der Waals surface area contributed by atoms with Crippen LogP contribution in [-0.2, 0) is 10.0 Å². The van der Waals surface area contributed by atoms with Gasteiger partial charge in [0.2, 0.25) is 10.0 Å². The van der Waals surface area contributed by atoms with Gasteiger partial charge in [0, 0.05) is 0 Å². The van der Waals surface area contributed by atoms with Crippen LogP contribution >= 0.6 is 11.3 Å². The summed E-state index contributed by atoms with van der Waals surface area (Å²) in [5.74, 6) is -2.49. The Kier molecular flexibility index (Phi) is 7.25. The molecule has 2 rings (SSSR count). The Hall–Kier alpha value is -2.60. The van der Waals surface area contributed by atoms with Crippen molar-refractivity contribution in [3.05, 3.63) is 46.2 Å². The number of ketones is 1. The van der Waals surface area contributed by atoms with Crippen LogP contribution in [0.3, 0.4) is 0 Å².